The lowest BCUT2D eigenvalue weighted by Crippen LogP contribution is -2.47. The molecule has 2 unspecified atom stereocenters. The zero-order chi connectivity index (χ0) is 12.9. The van der Waals surface area contributed by atoms with Gasteiger partial charge in [0.25, 0.3) is 5.91 Å². The van der Waals surface area contributed by atoms with Gasteiger partial charge in [0.2, 0.25) is 0 Å². The maximum absolute atomic E-state index is 12.7. The van der Waals surface area contributed by atoms with Crippen molar-refractivity contribution in [1.29, 1.82) is 0 Å². The fraction of sp³-hybridized carbons (Fsp3) is 0.692. The Morgan fingerprint density at radius 1 is 1.56 bits per heavy atom. The summed E-state index contributed by atoms with van der Waals surface area (Å²) in [5.74, 6) is 1.35. The highest BCUT2D eigenvalue weighted by molar-refractivity contribution is 7.11. The number of carbonyl (C=O) groups excluding carboxylic acids is 1. The van der Waals surface area contributed by atoms with Gasteiger partial charge in [-0.1, -0.05) is 0 Å². The third-order valence-electron chi connectivity index (χ3n) is 4.54. The number of nitrogens with zero attached hydrogens (tertiary/aromatic N) is 2. The molecule has 98 valence electrons. The summed E-state index contributed by atoms with van der Waals surface area (Å²) in [5.41, 5.74) is 2.56. The lowest BCUT2D eigenvalue weighted by molar-refractivity contribution is 0.0607. The van der Waals surface area contributed by atoms with Crippen LogP contribution >= 0.6 is 11.3 Å². The van der Waals surface area contributed by atoms with E-state index in [0.717, 1.165) is 30.2 Å². The standard InChI is InChI=1S/C13H19N3OS/c1-8-11(18-7-15-8)12(17)16-6-9-4-14-5-10(9)13(16,2)3/h7,9-10,14H,4-6H2,1-3H3. The van der Waals surface area contributed by atoms with Crippen LogP contribution in [0.25, 0.3) is 0 Å². The minimum Gasteiger partial charge on any atom is -0.332 e. The lowest BCUT2D eigenvalue weighted by Gasteiger charge is -2.35. The van der Waals surface area contributed by atoms with Gasteiger partial charge in [0.15, 0.2) is 0 Å². The quantitative estimate of drug-likeness (QED) is 0.837. The first-order chi connectivity index (χ1) is 8.51. The smallest absolute Gasteiger partial charge is 0.266 e. The molecule has 1 aromatic heterocycles. The van der Waals surface area contributed by atoms with Gasteiger partial charge >= 0.3 is 0 Å². The molecular formula is C13H19N3OS. The number of likely N-dealkylation sites (tertiary alicyclic amines) is 1. The van der Waals surface area contributed by atoms with Gasteiger partial charge < -0.3 is 10.2 Å². The van der Waals surface area contributed by atoms with Crippen LogP contribution in [-0.4, -0.2) is 41.0 Å². The van der Waals surface area contributed by atoms with E-state index < -0.39 is 0 Å². The maximum Gasteiger partial charge on any atom is 0.266 e. The molecular weight excluding hydrogens is 246 g/mol. The Labute approximate surface area is 111 Å². The van der Waals surface area contributed by atoms with Crippen molar-refractivity contribution >= 4 is 17.2 Å². The van der Waals surface area contributed by atoms with Crippen LogP contribution < -0.4 is 5.32 Å². The number of hydrogen-bond donors (Lipinski definition) is 1. The molecule has 1 amide bonds. The predicted molar refractivity (Wildman–Crippen MR) is 71.8 cm³/mol. The largest absolute Gasteiger partial charge is 0.332 e. The molecule has 5 heteroatoms. The second kappa shape index (κ2) is 4.03. The van der Waals surface area contributed by atoms with E-state index >= 15 is 0 Å². The topological polar surface area (TPSA) is 45.2 Å². The van der Waals surface area contributed by atoms with Crippen LogP contribution in [0.2, 0.25) is 0 Å². The Balaban J connectivity index is 1.90. The summed E-state index contributed by atoms with van der Waals surface area (Å²) in [6.07, 6.45) is 0. The Morgan fingerprint density at radius 2 is 2.33 bits per heavy atom. The summed E-state index contributed by atoms with van der Waals surface area (Å²) in [6.45, 7) is 9.25. The monoisotopic (exact) mass is 265 g/mol. The Morgan fingerprint density at radius 3 is 2.94 bits per heavy atom. The number of aromatic nitrogens is 1. The Hall–Kier alpha value is -0.940. The van der Waals surface area contributed by atoms with Gasteiger partial charge in [-0.05, 0) is 32.6 Å². The van der Waals surface area contributed by atoms with E-state index in [1.165, 1.54) is 11.3 Å². The summed E-state index contributed by atoms with van der Waals surface area (Å²) in [7, 11) is 0. The van der Waals surface area contributed by atoms with Crippen molar-refractivity contribution in [2.45, 2.75) is 26.3 Å². The summed E-state index contributed by atoms with van der Waals surface area (Å²) in [6, 6.07) is 0. The summed E-state index contributed by atoms with van der Waals surface area (Å²) < 4.78 is 0. The fourth-order valence-electron chi connectivity index (χ4n) is 3.40. The number of hydrogen-bond acceptors (Lipinski definition) is 4. The molecule has 0 radical (unpaired) electrons. The summed E-state index contributed by atoms with van der Waals surface area (Å²) in [5, 5.41) is 3.44. The molecule has 4 nitrogen and oxygen atoms in total. The van der Waals surface area contributed by atoms with Crippen LogP contribution in [0, 0.1) is 18.8 Å². The van der Waals surface area contributed by atoms with Gasteiger partial charge in [-0.2, -0.15) is 0 Å². The second-order valence-corrected chi connectivity index (χ2v) is 6.72. The molecule has 1 aromatic rings. The zero-order valence-electron chi connectivity index (χ0n) is 11.1. The van der Waals surface area contributed by atoms with Crippen molar-refractivity contribution < 1.29 is 4.79 Å². The number of aryl methyl sites for hydroxylation is 1. The van der Waals surface area contributed by atoms with Crippen molar-refractivity contribution in [2.75, 3.05) is 19.6 Å². The van der Waals surface area contributed by atoms with Crippen LogP contribution in [0.5, 0.6) is 0 Å². The van der Waals surface area contributed by atoms with Gasteiger partial charge in [0.05, 0.1) is 11.2 Å². The molecule has 0 bridgehead atoms. The van der Waals surface area contributed by atoms with E-state index in [1.54, 1.807) is 5.51 Å². The molecule has 2 aliphatic rings. The third kappa shape index (κ3) is 1.61. The van der Waals surface area contributed by atoms with E-state index in [-0.39, 0.29) is 11.4 Å². The van der Waals surface area contributed by atoms with Crippen LogP contribution in [0.3, 0.4) is 0 Å². The third-order valence-corrected chi connectivity index (χ3v) is 5.46. The highest BCUT2D eigenvalue weighted by Crippen LogP contribution is 2.41. The number of thiazole rings is 1. The Kier molecular flexibility index (Phi) is 2.71. The van der Waals surface area contributed by atoms with Gasteiger partial charge in [-0.15, -0.1) is 11.3 Å². The molecule has 0 saturated carbocycles. The van der Waals surface area contributed by atoms with Gasteiger partial charge in [-0.3, -0.25) is 4.79 Å². The molecule has 1 N–H and O–H groups in total. The van der Waals surface area contributed by atoms with Gasteiger partial charge in [0, 0.05) is 25.2 Å². The number of amides is 1. The highest BCUT2D eigenvalue weighted by atomic mass is 32.1. The number of rotatable bonds is 1. The Bertz CT molecular complexity index is 482. The number of nitrogens with one attached hydrogen (secondary N) is 1. The molecule has 3 heterocycles. The first-order valence-corrected chi connectivity index (χ1v) is 7.32. The normalized spacial score (nSPS) is 29.6. The molecule has 2 aliphatic heterocycles. The summed E-state index contributed by atoms with van der Waals surface area (Å²) >= 11 is 1.46. The minimum absolute atomic E-state index is 0.0539. The lowest BCUT2D eigenvalue weighted by atomic mass is 9.85. The zero-order valence-corrected chi connectivity index (χ0v) is 11.9. The SMILES string of the molecule is Cc1ncsc1C(=O)N1CC2CNCC2C1(C)C. The van der Waals surface area contributed by atoms with Crippen molar-refractivity contribution in [2.24, 2.45) is 11.8 Å². The van der Waals surface area contributed by atoms with Crippen LogP contribution in [0.4, 0.5) is 0 Å². The molecule has 3 rings (SSSR count). The van der Waals surface area contributed by atoms with E-state index in [2.05, 4.69) is 29.0 Å². The molecule has 2 saturated heterocycles. The fourth-order valence-corrected chi connectivity index (χ4v) is 4.15. The van der Waals surface area contributed by atoms with E-state index in [0.29, 0.717) is 11.8 Å². The first-order valence-electron chi connectivity index (χ1n) is 6.44. The van der Waals surface area contributed by atoms with E-state index in [9.17, 15) is 4.79 Å². The maximum atomic E-state index is 12.7. The van der Waals surface area contributed by atoms with Crippen molar-refractivity contribution in [3.8, 4) is 0 Å². The highest BCUT2D eigenvalue weighted by Gasteiger charge is 2.51. The molecule has 0 spiro atoms. The van der Waals surface area contributed by atoms with E-state index in [4.69, 9.17) is 0 Å². The average molecular weight is 265 g/mol. The van der Waals surface area contributed by atoms with Gasteiger partial charge in [0.1, 0.15) is 4.88 Å². The summed E-state index contributed by atoms with van der Waals surface area (Å²) in [4.78, 5) is 19.7. The van der Waals surface area contributed by atoms with Crippen LogP contribution in [-0.2, 0) is 0 Å². The number of fused-ring (bicyclic) bond motifs is 1. The molecule has 18 heavy (non-hydrogen) atoms. The van der Waals surface area contributed by atoms with E-state index in [1.807, 2.05) is 6.92 Å². The van der Waals surface area contributed by atoms with Gasteiger partial charge in [-0.25, -0.2) is 4.98 Å². The average Bonchev–Trinajstić information content (AvgIpc) is 2.96. The predicted octanol–water partition coefficient (Wildman–Crippen LogP) is 1.52. The minimum atomic E-state index is -0.0539. The second-order valence-electron chi connectivity index (χ2n) is 5.86. The molecule has 0 aliphatic carbocycles. The van der Waals surface area contributed by atoms with Crippen LogP contribution in [0.1, 0.15) is 29.2 Å². The van der Waals surface area contributed by atoms with Crippen molar-refractivity contribution in [1.82, 2.24) is 15.2 Å². The van der Waals surface area contributed by atoms with Crippen molar-refractivity contribution in [3.63, 3.8) is 0 Å². The van der Waals surface area contributed by atoms with Crippen molar-refractivity contribution in [3.05, 3.63) is 16.1 Å². The molecule has 0 aromatic carbocycles. The molecule has 2 atom stereocenters. The number of carbonyl (C=O) groups is 1. The first kappa shape index (κ1) is 12.1. The van der Waals surface area contributed by atoms with Crippen LogP contribution in [0.15, 0.2) is 5.51 Å². The molecule has 2 fully saturated rings.